The van der Waals surface area contributed by atoms with Gasteiger partial charge in [-0.2, -0.15) is 5.26 Å². The number of imidazole rings is 1. The standard InChI is InChI=1S/C27H37N7O2/c1-27(2)11-7-19(8-12-27)24-22(32-26(36)25-29-16-20(15-28)30-25)6-5-21(31-24)18-9-13-34(14-10-18)23(35)17-33(3)4/h5-7,16,18,23,35H,8-14,17H2,1-4H3,(H,29,30)(H,32,36). The van der Waals surface area contributed by atoms with E-state index in [-0.39, 0.29) is 16.9 Å². The van der Waals surface area contributed by atoms with Gasteiger partial charge in [-0.1, -0.05) is 19.9 Å². The summed E-state index contributed by atoms with van der Waals surface area (Å²) >= 11 is 0. The zero-order valence-corrected chi connectivity index (χ0v) is 21.7. The SMILES string of the molecule is CN(C)CC(O)N1CCC(c2ccc(NC(=O)c3ncc(C#N)[nH]3)c(C3=CCC(C)(C)CC3)n2)CC1. The first-order valence-electron chi connectivity index (χ1n) is 12.7. The van der Waals surface area contributed by atoms with E-state index in [1.54, 1.807) is 0 Å². The molecule has 0 saturated carbocycles. The molecular formula is C27H37N7O2. The van der Waals surface area contributed by atoms with E-state index in [1.807, 2.05) is 37.2 Å². The van der Waals surface area contributed by atoms with Crippen molar-refractivity contribution in [3.05, 3.63) is 47.3 Å². The van der Waals surface area contributed by atoms with Crippen molar-refractivity contribution in [2.24, 2.45) is 5.41 Å². The van der Waals surface area contributed by atoms with Crippen LogP contribution in [-0.2, 0) is 0 Å². The number of hydrogen-bond donors (Lipinski definition) is 3. The molecule has 2 aliphatic rings. The van der Waals surface area contributed by atoms with E-state index in [2.05, 4.69) is 40.1 Å². The van der Waals surface area contributed by atoms with Crippen molar-refractivity contribution in [1.82, 2.24) is 24.8 Å². The topological polar surface area (TPSA) is 121 Å². The van der Waals surface area contributed by atoms with Crippen molar-refractivity contribution >= 4 is 17.2 Å². The van der Waals surface area contributed by atoms with Crippen LogP contribution in [0, 0.1) is 16.7 Å². The van der Waals surface area contributed by atoms with Gasteiger partial charge in [-0.15, -0.1) is 0 Å². The average molecular weight is 492 g/mol. The third-order valence-corrected chi connectivity index (χ3v) is 7.25. The molecule has 2 aromatic rings. The molecule has 1 aliphatic carbocycles. The summed E-state index contributed by atoms with van der Waals surface area (Å²) in [5.41, 5.74) is 4.16. The molecule has 1 unspecified atom stereocenters. The van der Waals surface area contributed by atoms with Gasteiger partial charge in [0, 0.05) is 31.2 Å². The number of aliphatic hydroxyl groups excluding tert-OH is 1. The zero-order valence-electron chi connectivity index (χ0n) is 21.7. The first-order chi connectivity index (χ1) is 17.1. The molecule has 3 N–H and O–H groups in total. The number of likely N-dealkylation sites (N-methyl/N-ethyl adjacent to an activating group) is 1. The Balaban J connectivity index is 1.55. The fourth-order valence-electron chi connectivity index (χ4n) is 4.95. The Hall–Kier alpha value is -3.06. The van der Waals surface area contributed by atoms with Gasteiger partial charge in [0.25, 0.3) is 5.91 Å². The Bertz CT molecular complexity index is 1150. The molecule has 192 valence electrons. The van der Waals surface area contributed by atoms with E-state index in [4.69, 9.17) is 10.2 Å². The Labute approximate surface area is 213 Å². The summed E-state index contributed by atoms with van der Waals surface area (Å²) in [5.74, 6) is 0.0106. The maximum atomic E-state index is 12.9. The average Bonchev–Trinajstić information content (AvgIpc) is 3.34. The number of aromatic nitrogens is 3. The molecule has 1 amide bonds. The van der Waals surface area contributed by atoms with Gasteiger partial charge in [-0.05, 0) is 69.3 Å². The number of hydrogen-bond acceptors (Lipinski definition) is 7. The Morgan fingerprint density at radius 1 is 1.36 bits per heavy atom. The predicted molar refractivity (Wildman–Crippen MR) is 139 cm³/mol. The van der Waals surface area contributed by atoms with Gasteiger partial charge in [-0.25, -0.2) is 4.98 Å². The van der Waals surface area contributed by atoms with Gasteiger partial charge >= 0.3 is 0 Å². The number of nitrogens with one attached hydrogen (secondary N) is 2. The lowest BCUT2D eigenvalue weighted by molar-refractivity contribution is -0.0255. The largest absolute Gasteiger partial charge is 0.377 e. The lowest BCUT2D eigenvalue weighted by Crippen LogP contribution is -2.45. The van der Waals surface area contributed by atoms with Crippen molar-refractivity contribution in [3.63, 3.8) is 0 Å². The maximum Gasteiger partial charge on any atom is 0.291 e. The van der Waals surface area contributed by atoms with Crippen LogP contribution in [0.4, 0.5) is 5.69 Å². The number of aromatic amines is 1. The van der Waals surface area contributed by atoms with Crippen molar-refractivity contribution in [2.45, 2.75) is 58.1 Å². The summed E-state index contributed by atoms with van der Waals surface area (Å²) in [5, 5.41) is 22.5. The summed E-state index contributed by atoms with van der Waals surface area (Å²) in [6.07, 6.45) is 7.94. The molecule has 1 aliphatic heterocycles. The number of piperidine rings is 1. The van der Waals surface area contributed by atoms with Crippen LogP contribution in [-0.4, -0.2) is 75.7 Å². The summed E-state index contributed by atoms with van der Waals surface area (Å²) < 4.78 is 0. The van der Waals surface area contributed by atoms with Gasteiger partial charge < -0.3 is 20.3 Å². The second-order valence-electron chi connectivity index (χ2n) is 11.0. The molecule has 1 saturated heterocycles. The van der Waals surface area contributed by atoms with Gasteiger partial charge in [-0.3, -0.25) is 14.7 Å². The molecule has 0 spiro atoms. The van der Waals surface area contributed by atoms with Crippen LogP contribution in [0.25, 0.3) is 5.57 Å². The van der Waals surface area contributed by atoms with Crippen LogP contribution in [0.3, 0.4) is 0 Å². The number of allylic oxidation sites excluding steroid dienone is 2. The zero-order chi connectivity index (χ0) is 25.9. The molecule has 3 heterocycles. The lowest BCUT2D eigenvalue weighted by atomic mass is 9.77. The van der Waals surface area contributed by atoms with Crippen LogP contribution in [0.5, 0.6) is 0 Å². The molecule has 1 fully saturated rings. The summed E-state index contributed by atoms with van der Waals surface area (Å²) in [6.45, 7) is 6.82. The predicted octanol–water partition coefficient (Wildman–Crippen LogP) is 3.58. The van der Waals surface area contributed by atoms with Gasteiger partial charge in [0.15, 0.2) is 5.82 Å². The molecule has 1 atom stereocenters. The van der Waals surface area contributed by atoms with Gasteiger partial charge in [0.2, 0.25) is 0 Å². The quantitative estimate of drug-likeness (QED) is 0.541. The first-order valence-corrected chi connectivity index (χ1v) is 12.7. The fraction of sp³-hybridized carbons (Fsp3) is 0.556. The minimum Gasteiger partial charge on any atom is -0.377 e. The van der Waals surface area contributed by atoms with Crippen molar-refractivity contribution in [1.29, 1.82) is 5.26 Å². The fourth-order valence-corrected chi connectivity index (χ4v) is 4.95. The highest BCUT2D eigenvalue weighted by atomic mass is 16.3. The van der Waals surface area contributed by atoms with Crippen molar-refractivity contribution < 1.29 is 9.90 Å². The second-order valence-corrected chi connectivity index (χ2v) is 11.0. The normalized spacial score (nSPS) is 19.5. The molecule has 0 aromatic carbocycles. The van der Waals surface area contributed by atoms with Crippen LogP contribution < -0.4 is 5.32 Å². The molecule has 9 nitrogen and oxygen atoms in total. The van der Waals surface area contributed by atoms with Gasteiger partial charge in [0.1, 0.15) is 18.0 Å². The van der Waals surface area contributed by atoms with Crippen LogP contribution in [0.1, 0.15) is 79.6 Å². The maximum absolute atomic E-state index is 12.9. The van der Waals surface area contributed by atoms with E-state index in [0.29, 0.717) is 18.2 Å². The number of nitrogens with zero attached hydrogens (tertiary/aromatic N) is 5. The van der Waals surface area contributed by atoms with E-state index in [1.165, 1.54) is 6.20 Å². The lowest BCUT2D eigenvalue weighted by Gasteiger charge is -2.36. The highest BCUT2D eigenvalue weighted by Gasteiger charge is 2.28. The number of anilines is 1. The smallest absolute Gasteiger partial charge is 0.291 e. The Morgan fingerprint density at radius 2 is 2.11 bits per heavy atom. The Kier molecular flexibility index (Phi) is 7.88. The summed E-state index contributed by atoms with van der Waals surface area (Å²) in [4.78, 5) is 28.8. The number of amides is 1. The molecule has 2 aromatic heterocycles. The number of nitriles is 1. The van der Waals surface area contributed by atoms with Crippen LogP contribution in [0.2, 0.25) is 0 Å². The second kappa shape index (κ2) is 10.9. The number of aliphatic hydroxyl groups is 1. The number of likely N-dealkylation sites (tertiary alicyclic amines) is 1. The minimum absolute atomic E-state index is 0.101. The van der Waals surface area contributed by atoms with E-state index >= 15 is 0 Å². The van der Waals surface area contributed by atoms with E-state index in [9.17, 15) is 9.90 Å². The number of carbonyl (C=O) groups is 1. The van der Waals surface area contributed by atoms with Crippen molar-refractivity contribution in [3.8, 4) is 6.07 Å². The minimum atomic E-state index is -0.457. The number of H-pyrrole nitrogens is 1. The van der Waals surface area contributed by atoms with Crippen molar-refractivity contribution in [2.75, 3.05) is 39.0 Å². The third-order valence-electron chi connectivity index (χ3n) is 7.25. The molecule has 0 radical (unpaired) electrons. The van der Waals surface area contributed by atoms with Gasteiger partial charge in [0.05, 0.1) is 17.6 Å². The summed E-state index contributed by atoms with van der Waals surface area (Å²) in [6, 6.07) is 5.91. The molecule has 36 heavy (non-hydrogen) atoms. The van der Waals surface area contributed by atoms with E-state index < -0.39 is 12.1 Å². The summed E-state index contributed by atoms with van der Waals surface area (Å²) in [7, 11) is 3.94. The number of carbonyl (C=O) groups excluding carboxylic acids is 1. The molecule has 9 heteroatoms. The highest BCUT2D eigenvalue weighted by Crippen LogP contribution is 2.40. The van der Waals surface area contributed by atoms with Crippen LogP contribution in [0.15, 0.2) is 24.4 Å². The Morgan fingerprint density at radius 3 is 2.72 bits per heavy atom. The number of pyridine rings is 1. The number of rotatable bonds is 7. The van der Waals surface area contributed by atoms with E-state index in [0.717, 1.165) is 62.2 Å². The first kappa shape index (κ1) is 26.0. The monoisotopic (exact) mass is 491 g/mol. The molecule has 4 rings (SSSR count). The molecular weight excluding hydrogens is 454 g/mol. The third kappa shape index (κ3) is 6.19. The molecule has 0 bridgehead atoms. The highest BCUT2D eigenvalue weighted by molar-refractivity contribution is 6.03. The van der Waals surface area contributed by atoms with Crippen LogP contribution >= 0.6 is 0 Å².